The molecule has 0 aromatic rings. The van der Waals surface area contributed by atoms with Crippen LogP contribution in [-0.4, -0.2) is 76.2 Å². The Hall–Kier alpha value is -0.650. The second kappa shape index (κ2) is 9.39. The molecule has 0 aromatic carbocycles. The zero-order valence-corrected chi connectivity index (χ0v) is 11.8. The average molecular weight is 245 g/mol. The summed E-state index contributed by atoms with van der Waals surface area (Å²) in [5, 5.41) is 2.99. The fourth-order valence-electron chi connectivity index (χ4n) is 1.59. The molecule has 0 fully saturated rings. The van der Waals surface area contributed by atoms with Crippen molar-refractivity contribution in [3.8, 4) is 0 Å². The minimum absolute atomic E-state index is 0.172. The van der Waals surface area contributed by atoms with Crippen molar-refractivity contribution in [1.29, 1.82) is 0 Å². The number of hydrogen-bond acceptors (Lipinski definition) is 5. The number of rotatable bonds is 9. The van der Waals surface area contributed by atoms with E-state index in [0.29, 0.717) is 13.2 Å². The second-order valence-electron chi connectivity index (χ2n) is 4.51. The molecule has 5 nitrogen and oxygen atoms in total. The quantitative estimate of drug-likeness (QED) is 0.580. The van der Waals surface area contributed by atoms with E-state index in [0.717, 1.165) is 19.5 Å². The Bertz CT molecular complexity index is 210. The van der Waals surface area contributed by atoms with Crippen LogP contribution in [0.4, 0.5) is 0 Å². The zero-order chi connectivity index (χ0) is 13.3. The van der Waals surface area contributed by atoms with Gasteiger partial charge in [0, 0.05) is 6.54 Å². The second-order valence-corrected chi connectivity index (χ2v) is 4.51. The number of nitrogens with one attached hydrogen (secondary N) is 1. The van der Waals surface area contributed by atoms with Gasteiger partial charge in [-0.25, -0.2) is 0 Å². The van der Waals surface area contributed by atoms with Gasteiger partial charge in [-0.1, -0.05) is 0 Å². The number of likely N-dealkylation sites (N-methyl/N-ethyl adjacent to an activating group) is 2. The Morgan fingerprint density at radius 3 is 2.41 bits per heavy atom. The molecule has 0 aliphatic rings. The summed E-state index contributed by atoms with van der Waals surface area (Å²) in [6, 6.07) is -0.237. The molecular formula is C12H27N3O2. The van der Waals surface area contributed by atoms with E-state index >= 15 is 0 Å². The third-order valence-corrected chi connectivity index (χ3v) is 2.56. The Kier molecular flexibility index (Phi) is 9.03. The highest BCUT2D eigenvalue weighted by atomic mass is 16.5. The van der Waals surface area contributed by atoms with Crippen molar-refractivity contribution in [2.24, 2.45) is 0 Å². The lowest BCUT2D eigenvalue weighted by molar-refractivity contribution is -0.145. The molecule has 1 N–H and O–H groups in total. The van der Waals surface area contributed by atoms with Gasteiger partial charge in [0.25, 0.3) is 0 Å². The maximum atomic E-state index is 11.6. The van der Waals surface area contributed by atoms with Crippen molar-refractivity contribution in [2.45, 2.75) is 19.4 Å². The van der Waals surface area contributed by atoms with Gasteiger partial charge in [0.2, 0.25) is 0 Å². The van der Waals surface area contributed by atoms with Crippen LogP contribution in [0.3, 0.4) is 0 Å². The lowest BCUT2D eigenvalue weighted by atomic mass is 10.2. The first-order valence-electron chi connectivity index (χ1n) is 6.18. The van der Waals surface area contributed by atoms with Crippen LogP contribution in [0.1, 0.15) is 13.3 Å². The van der Waals surface area contributed by atoms with E-state index in [-0.39, 0.29) is 12.0 Å². The molecule has 1 atom stereocenters. The molecule has 0 heterocycles. The van der Waals surface area contributed by atoms with Crippen molar-refractivity contribution in [3.63, 3.8) is 0 Å². The average Bonchev–Trinajstić information content (AvgIpc) is 2.25. The van der Waals surface area contributed by atoms with Crippen molar-refractivity contribution < 1.29 is 9.53 Å². The van der Waals surface area contributed by atoms with E-state index in [4.69, 9.17) is 4.74 Å². The molecule has 0 aromatic heterocycles. The molecule has 0 saturated heterocycles. The van der Waals surface area contributed by atoms with Gasteiger partial charge < -0.3 is 19.9 Å². The number of ether oxygens (including phenoxy) is 1. The summed E-state index contributed by atoms with van der Waals surface area (Å²) in [5.74, 6) is -0.172. The van der Waals surface area contributed by atoms with Gasteiger partial charge in [-0.15, -0.1) is 0 Å². The molecule has 0 amide bonds. The largest absolute Gasteiger partial charge is 0.465 e. The Morgan fingerprint density at radius 2 is 1.94 bits per heavy atom. The summed E-state index contributed by atoms with van der Waals surface area (Å²) in [5.41, 5.74) is 0. The Morgan fingerprint density at radius 1 is 1.29 bits per heavy atom. The van der Waals surface area contributed by atoms with Crippen LogP contribution in [0.2, 0.25) is 0 Å². The van der Waals surface area contributed by atoms with Crippen molar-refractivity contribution in [3.05, 3.63) is 0 Å². The third-order valence-electron chi connectivity index (χ3n) is 2.56. The number of hydrogen-bond donors (Lipinski definition) is 1. The highest BCUT2D eigenvalue weighted by Gasteiger charge is 2.19. The Labute approximate surface area is 105 Å². The zero-order valence-electron chi connectivity index (χ0n) is 11.8. The fraction of sp³-hybridized carbons (Fsp3) is 0.917. The molecule has 5 heteroatoms. The summed E-state index contributed by atoms with van der Waals surface area (Å²) in [7, 11) is 7.94. The predicted molar refractivity (Wildman–Crippen MR) is 70.1 cm³/mol. The number of nitrogens with zero attached hydrogens (tertiary/aromatic N) is 2. The van der Waals surface area contributed by atoms with Crippen LogP contribution in [0.15, 0.2) is 0 Å². The van der Waals surface area contributed by atoms with Gasteiger partial charge in [0.1, 0.15) is 6.04 Å². The molecule has 0 radical (unpaired) electrons. The molecule has 0 aliphatic carbocycles. The monoisotopic (exact) mass is 245 g/mol. The summed E-state index contributed by atoms with van der Waals surface area (Å²) in [6.07, 6.45) is 1.10. The van der Waals surface area contributed by atoms with Crippen LogP contribution >= 0.6 is 0 Å². The van der Waals surface area contributed by atoms with Gasteiger partial charge >= 0.3 is 5.97 Å². The topological polar surface area (TPSA) is 44.8 Å². The highest BCUT2D eigenvalue weighted by Crippen LogP contribution is 1.95. The molecule has 102 valence electrons. The van der Waals surface area contributed by atoms with Crippen molar-refractivity contribution >= 4 is 5.97 Å². The number of esters is 1. The SMILES string of the molecule is CCOC(=O)C(CN(C)CCCN(C)C)NC. The van der Waals surface area contributed by atoms with E-state index in [9.17, 15) is 4.79 Å². The predicted octanol–water partition coefficient (Wildman–Crippen LogP) is 0.0210. The molecule has 0 aliphatic heterocycles. The molecule has 0 bridgehead atoms. The summed E-state index contributed by atoms with van der Waals surface area (Å²) in [6.45, 7) is 4.99. The molecular weight excluding hydrogens is 218 g/mol. The first-order chi connectivity index (χ1) is 8.01. The summed E-state index contributed by atoms with van der Waals surface area (Å²) in [4.78, 5) is 15.9. The standard InChI is InChI=1S/C12H27N3O2/c1-6-17-12(16)11(13-2)10-15(5)9-7-8-14(3)4/h11,13H,6-10H2,1-5H3. The summed E-state index contributed by atoms with van der Waals surface area (Å²) >= 11 is 0. The Balaban J connectivity index is 3.89. The summed E-state index contributed by atoms with van der Waals surface area (Å²) < 4.78 is 5.00. The maximum Gasteiger partial charge on any atom is 0.324 e. The molecule has 17 heavy (non-hydrogen) atoms. The van der Waals surface area contributed by atoms with Crippen LogP contribution < -0.4 is 5.32 Å². The van der Waals surface area contributed by atoms with E-state index < -0.39 is 0 Å². The number of carbonyl (C=O) groups is 1. The van der Waals surface area contributed by atoms with Gasteiger partial charge in [0.05, 0.1) is 6.61 Å². The smallest absolute Gasteiger partial charge is 0.324 e. The normalized spacial score (nSPS) is 13.1. The van der Waals surface area contributed by atoms with E-state index in [2.05, 4.69) is 29.2 Å². The lowest BCUT2D eigenvalue weighted by Crippen LogP contribution is -2.44. The molecule has 0 rings (SSSR count). The number of carbonyl (C=O) groups excluding carboxylic acids is 1. The van der Waals surface area contributed by atoms with E-state index in [1.165, 1.54) is 0 Å². The minimum Gasteiger partial charge on any atom is -0.465 e. The lowest BCUT2D eigenvalue weighted by Gasteiger charge is -2.23. The van der Waals surface area contributed by atoms with Crippen LogP contribution in [0, 0.1) is 0 Å². The molecule has 0 saturated carbocycles. The highest BCUT2D eigenvalue weighted by molar-refractivity contribution is 5.76. The van der Waals surface area contributed by atoms with Crippen LogP contribution in [0.25, 0.3) is 0 Å². The van der Waals surface area contributed by atoms with E-state index in [1.807, 2.05) is 14.0 Å². The maximum absolute atomic E-state index is 11.6. The van der Waals surface area contributed by atoms with Crippen molar-refractivity contribution in [1.82, 2.24) is 15.1 Å². The minimum atomic E-state index is -0.237. The van der Waals surface area contributed by atoms with E-state index in [1.54, 1.807) is 7.05 Å². The molecule has 0 spiro atoms. The van der Waals surface area contributed by atoms with Gasteiger partial charge in [0.15, 0.2) is 0 Å². The van der Waals surface area contributed by atoms with Gasteiger partial charge in [-0.2, -0.15) is 0 Å². The van der Waals surface area contributed by atoms with Crippen LogP contribution in [-0.2, 0) is 9.53 Å². The van der Waals surface area contributed by atoms with Gasteiger partial charge in [-0.05, 0) is 54.6 Å². The third kappa shape index (κ3) is 8.12. The fourth-order valence-corrected chi connectivity index (χ4v) is 1.59. The van der Waals surface area contributed by atoms with Crippen LogP contribution in [0.5, 0.6) is 0 Å². The van der Waals surface area contributed by atoms with Gasteiger partial charge in [-0.3, -0.25) is 4.79 Å². The van der Waals surface area contributed by atoms with Crippen molar-refractivity contribution in [2.75, 3.05) is 54.4 Å². The molecule has 1 unspecified atom stereocenters. The first kappa shape index (κ1) is 16.4. The first-order valence-corrected chi connectivity index (χ1v) is 6.18.